The van der Waals surface area contributed by atoms with Crippen LogP contribution >= 0.6 is 0 Å². The number of ether oxygens (including phenoxy) is 1. The summed E-state index contributed by atoms with van der Waals surface area (Å²) in [4.78, 5) is 28.0. The number of Topliss-reactive ketones (excluding diaryl/α,β-unsaturated/α-hetero) is 1. The highest BCUT2D eigenvalue weighted by molar-refractivity contribution is 6.46. The molecule has 1 fully saturated rings. The van der Waals surface area contributed by atoms with Crippen LogP contribution in [0.25, 0.3) is 5.76 Å². The van der Waals surface area contributed by atoms with E-state index >= 15 is 0 Å². The van der Waals surface area contributed by atoms with E-state index in [1.54, 1.807) is 18.2 Å². The topological polar surface area (TPSA) is 66.8 Å². The van der Waals surface area contributed by atoms with Crippen molar-refractivity contribution >= 4 is 17.4 Å². The fourth-order valence-electron chi connectivity index (χ4n) is 4.21. The monoisotopic (exact) mass is 453 g/mol. The van der Waals surface area contributed by atoms with Gasteiger partial charge in [-0.2, -0.15) is 0 Å². The smallest absolute Gasteiger partial charge is 0.295 e. The molecule has 5 heteroatoms. The van der Waals surface area contributed by atoms with E-state index < -0.39 is 17.7 Å². The normalized spacial score (nSPS) is 17.1. The van der Waals surface area contributed by atoms with E-state index in [1.807, 2.05) is 74.5 Å². The maximum Gasteiger partial charge on any atom is 0.295 e. The number of aliphatic hydroxyl groups excluding tert-OH is 1. The number of nitrogens with zero attached hydrogens (tertiary/aromatic N) is 1. The van der Waals surface area contributed by atoms with Gasteiger partial charge in [-0.1, -0.05) is 72.8 Å². The van der Waals surface area contributed by atoms with Gasteiger partial charge in [0.2, 0.25) is 0 Å². The summed E-state index contributed by atoms with van der Waals surface area (Å²) in [6.45, 7) is 8.06. The highest BCUT2D eigenvalue weighted by atomic mass is 16.5. The van der Waals surface area contributed by atoms with E-state index in [4.69, 9.17) is 4.74 Å². The molecule has 5 nitrogen and oxygen atoms in total. The Balaban J connectivity index is 1.84. The predicted octanol–water partition coefficient (Wildman–Crippen LogP) is 5.49. The zero-order chi connectivity index (χ0) is 24.2. The van der Waals surface area contributed by atoms with Gasteiger partial charge in [-0.05, 0) is 48.7 Å². The summed E-state index contributed by atoms with van der Waals surface area (Å²) in [5, 5.41) is 11.3. The first-order valence-electron chi connectivity index (χ1n) is 11.1. The van der Waals surface area contributed by atoms with Crippen LogP contribution in [0.4, 0.5) is 0 Å². The number of hydrogen-bond donors (Lipinski definition) is 1. The van der Waals surface area contributed by atoms with Crippen LogP contribution in [0.2, 0.25) is 0 Å². The van der Waals surface area contributed by atoms with Crippen LogP contribution in [0, 0.1) is 13.8 Å². The minimum Gasteiger partial charge on any atom is -0.507 e. The molecule has 1 aliphatic rings. The molecule has 4 rings (SSSR count). The minimum absolute atomic E-state index is 0.0920. The Hall–Kier alpha value is -4.12. The minimum atomic E-state index is -0.728. The second-order valence-corrected chi connectivity index (χ2v) is 8.40. The molecule has 3 aromatic rings. The van der Waals surface area contributed by atoms with Crippen LogP contribution in [0.1, 0.15) is 33.9 Å². The quantitative estimate of drug-likeness (QED) is 0.222. The lowest BCUT2D eigenvalue weighted by atomic mass is 9.93. The van der Waals surface area contributed by atoms with Crippen LogP contribution in [0.3, 0.4) is 0 Å². The average molecular weight is 454 g/mol. The third-order valence-electron chi connectivity index (χ3n) is 5.95. The molecule has 0 aliphatic carbocycles. The Morgan fingerprint density at radius 3 is 2.41 bits per heavy atom. The Morgan fingerprint density at radius 1 is 1.03 bits per heavy atom. The molecule has 1 heterocycles. The second kappa shape index (κ2) is 9.79. The van der Waals surface area contributed by atoms with Gasteiger partial charge in [0.1, 0.15) is 18.1 Å². The molecule has 1 atom stereocenters. The van der Waals surface area contributed by atoms with Crippen molar-refractivity contribution in [1.29, 1.82) is 0 Å². The van der Waals surface area contributed by atoms with Crippen molar-refractivity contribution in [2.75, 3.05) is 6.61 Å². The van der Waals surface area contributed by atoms with Gasteiger partial charge in [0, 0.05) is 12.1 Å². The summed E-state index contributed by atoms with van der Waals surface area (Å²) < 4.78 is 5.58. The zero-order valence-electron chi connectivity index (χ0n) is 19.3. The van der Waals surface area contributed by atoms with Crippen LogP contribution in [-0.2, 0) is 16.1 Å². The number of aliphatic hydroxyl groups is 1. The van der Waals surface area contributed by atoms with Crippen LogP contribution in [0.5, 0.6) is 5.75 Å². The van der Waals surface area contributed by atoms with Gasteiger partial charge in [0.05, 0.1) is 11.6 Å². The molecular weight excluding hydrogens is 426 g/mol. The molecule has 1 aliphatic heterocycles. The fraction of sp³-hybridized carbons (Fsp3) is 0.172. The van der Waals surface area contributed by atoms with Crippen molar-refractivity contribution in [2.45, 2.75) is 26.4 Å². The standard InChI is InChI=1S/C29H27NO4/c1-4-16-34-23-14-12-22(13-15-23)26-25(27(31)24-17-19(2)10-11-20(24)3)28(32)29(33)30(26)18-21-8-6-5-7-9-21/h4-15,17,26,31H,1,16,18H2,2-3H3. The highest BCUT2D eigenvalue weighted by Gasteiger charge is 2.46. The first-order valence-corrected chi connectivity index (χ1v) is 11.1. The van der Waals surface area contributed by atoms with Crippen molar-refractivity contribution in [2.24, 2.45) is 0 Å². The molecule has 1 unspecified atom stereocenters. The van der Waals surface area contributed by atoms with Gasteiger partial charge in [-0.25, -0.2) is 0 Å². The van der Waals surface area contributed by atoms with Crippen molar-refractivity contribution in [3.8, 4) is 5.75 Å². The highest BCUT2D eigenvalue weighted by Crippen LogP contribution is 2.41. The van der Waals surface area contributed by atoms with Gasteiger partial charge in [-0.15, -0.1) is 0 Å². The van der Waals surface area contributed by atoms with Gasteiger partial charge in [0.25, 0.3) is 11.7 Å². The van der Waals surface area contributed by atoms with Crippen LogP contribution in [-0.4, -0.2) is 28.3 Å². The van der Waals surface area contributed by atoms with E-state index in [1.165, 1.54) is 4.90 Å². The first kappa shape index (κ1) is 23.1. The van der Waals surface area contributed by atoms with Crippen molar-refractivity contribution in [3.05, 3.63) is 119 Å². The summed E-state index contributed by atoms with van der Waals surface area (Å²) >= 11 is 0. The average Bonchev–Trinajstić information content (AvgIpc) is 3.09. The predicted molar refractivity (Wildman–Crippen MR) is 132 cm³/mol. The molecule has 0 radical (unpaired) electrons. The first-order chi connectivity index (χ1) is 16.4. The zero-order valence-corrected chi connectivity index (χ0v) is 19.3. The Bertz CT molecular complexity index is 1260. The SMILES string of the molecule is C=CCOc1ccc(C2C(=C(O)c3cc(C)ccc3C)C(=O)C(=O)N2Cc2ccccc2)cc1. The van der Waals surface area contributed by atoms with Crippen molar-refractivity contribution < 1.29 is 19.4 Å². The van der Waals surface area contributed by atoms with Gasteiger partial charge < -0.3 is 14.7 Å². The number of ketones is 1. The van der Waals surface area contributed by atoms with Gasteiger partial charge >= 0.3 is 0 Å². The van der Waals surface area contributed by atoms with E-state index in [2.05, 4.69) is 6.58 Å². The summed E-state index contributed by atoms with van der Waals surface area (Å²) in [6.07, 6.45) is 1.66. The Kier molecular flexibility index (Phi) is 6.64. The maximum atomic E-state index is 13.3. The second-order valence-electron chi connectivity index (χ2n) is 8.40. The third-order valence-corrected chi connectivity index (χ3v) is 5.95. The van der Waals surface area contributed by atoms with Crippen molar-refractivity contribution in [3.63, 3.8) is 0 Å². The molecule has 3 aromatic carbocycles. The molecule has 0 saturated carbocycles. The molecule has 0 aromatic heterocycles. The van der Waals surface area contributed by atoms with Gasteiger partial charge in [-0.3, -0.25) is 9.59 Å². The molecule has 34 heavy (non-hydrogen) atoms. The number of amides is 1. The molecular formula is C29H27NO4. The van der Waals surface area contributed by atoms with Gasteiger partial charge in [0.15, 0.2) is 0 Å². The number of carbonyl (C=O) groups excluding carboxylic acids is 2. The molecule has 1 amide bonds. The molecule has 0 bridgehead atoms. The summed E-state index contributed by atoms with van der Waals surface area (Å²) in [6, 6.07) is 21.7. The number of benzene rings is 3. The number of likely N-dealkylation sites (tertiary alicyclic amines) is 1. The van der Waals surface area contributed by atoms with E-state index in [0.717, 1.165) is 16.7 Å². The van der Waals surface area contributed by atoms with E-state index in [9.17, 15) is 14.7 Å². The number of hydrogen-bond acceptors (Lipinski definition) is 4. The number of carbonyl (C=O) groups is 2. The lowest BCUT2D eigenvalue weighted by Crippen LogP contribution is -2.29. The lowest BCUT2D eigenvalue weighted by molar-refractivity contribution is -0.140. The summed E-state index contributed by atoms with van der Waals surface area (Å²) in [5.74, 6) is -0.829. The Morgan fingerprint density at radius 2 is 1.74 bits per heavy atom. The molecule has 172 valence electrons. The third kappa shape index (κ3) is 4.50. The fourth-order valence-corrected chi connectivity index (χ4v) is 4.21. The lowest BCUT2D eigenvalue weighted by Gasteiger charge is -2.26. The van der Waals surface area contributed by atoms with E-state index in [0.29, 0.717) is 23.5 Å². The van der Waals surface area contributed by atoms with Crippen LogP contribution in [0.15, 0.2) is 91.0 Å². The van der Waals surface area contributed by atoms with E-state index in [-0.39, 0.29) is 17.9 Å². The summed E-state index contributed by atoms with van der Waals surface area (Å²) in [5.41, 5.74) is 4.03. The Labute approximate surface area is 199 Å². The number of aryl methyl sites for hydroxylation is 2. The summed E-state index contributed by atoms with van der Waals surface area (Å²) in [7, 11) is 0. The van der Waals surface area contributed by atoms with Crippen molar-refractivity contribution in [1.82, 2.24) is 4.90 Å². The largest absolute Gasteiger partial charge is 0.507 e. The molecule has 1 saturated heterocycles. The maximum absolute atomic E-state index is 13.3. The number of rotatable bonds is 7. The molecule has 0 spiro atoms. The molecule has 1 N–H and O–H groups in total. The van der Waals surface area contributed by atoms with Crippen LogP contribution < -0.4 is 4.74 Å².